The van der Waals surface area contributed by atoms with E-state index in [1.807, 2.05) is 30.3 Å². The largest absolute Gasteiger partial charge is 0.457 e. The average molecular weight is 807 g/mol. The first-order valence-electron chi connectivity index (χ1n) is 21.7. The molecule has 0 saturated heterocycles. The Labute approximate surface area is 365 Å². The Morgan fingerprint density at radius 2 is 0.984 bits per heavy atom. The van der Waals surface area contributed by atoms with Crippen LogP contribution in [-0.2, 0) is 5.41 Å². The first-order chi connectivity index (χ1) is 31.2. The minimum Gasteiger partial charge on any atom is -0.457 e. The Kier molecular flexibility index (Phi) is 7.88. The van der Waals surface area contributed by atoms with Crippen molar-refractivity contribution < 1.29 is 4.74 Å². The number of rotatable bonds is 5. The van der Waals surface area contributed by atoms with E-state index < -0.39 is 5.41 Å². The van der Waals surface area contributed by atoms with E-state index in [1.54, 1.807) is 0 Å². The summed E-state index contributed by atoms with van der Waals surface area (Å²) in [6.07, 6.45) is 6.68. The van der Waals surface area contributed by atoms with Crippen LogP contribution in [0.15, 0.2) is 212 Å². The minimum absolute atomic E-state index is 0.437. The molecule has 1 aliphatic heterocycles. The van der Waals surface area contributed by atoms with Gasteiger partial charge in [0, 0.05) is 44.3 Å². The second kappa shape index (κ2) is 13.9. The Morgan fingerprint density at radius 1 is 0.444 bits per heavy atom. The molecule has 10 aromatic rings. The van der Waals surface area contributed by atoms with Gasteiger partial charge < -0.3 is 9.30 Å². The molecule has 3 aliphatic rings. The van der Waals surface area contributed by atoms with E-state index in [0.29, 0.717) is 17.5 Å². The van der Waals surface area contributed by atoms with Gasteiger partial charge in [-0.1, -0.05) is 152 Å². The first-order valence-corrected chi connectivity index (χ1v) is 21.7. The van der Waals surface area contributed by atoms with Crippen molar-refractivity contribution in [3.63, 3.8) is 0 Å². The molecule has 0 saturated carbocycles. The van der Waals surface area contributed by atoms with Crippen molar-refractivity contribution >= 4 is 27.4 Å². The number of hydrogen-bond acceptors (Lipinski definition) is 4. The average Bonchev–Trinajstić information content (AvgIpc) is 3.85. The zero-order chi connectivity index (χ0) is 41.5. The summed E-state index contributed by atoms with van der Waals surface area (Å²) in [5.41, 5.74) is 15.8. The van der Waals surface area contributed by atoms with Gasteiger partial charge in [0.25, 0.3) is 0 Å². The van der Waals surface area contributed by atoms with Crippen molar-refractivity contribution in [3.8, 4) is 62.5 Å². The van der Waals surface area contributed by atoms with E-state index in [4.69, 9.17) is 19.7 Å². The SMILES string of the molecule is C1=CC2=C(CC1)C1(c3ccccc3Oc3ccc(-c4ccc(-c5nc(-c6ccccc6)nc(-c6ccc(-n7c8ccccc8c8ccccc87)cc6)n5)cc4)cc31)c1ccccc12. The highest BCUT2D eigenvalue weighted by atomic mass is 16.5. The predicted molar refractivity (Wildman–Crippen MR) is 254 cm³/mol. The molecular weight excluding hydrogens is 769 g/mol. The van der Waals surface area contributed by atoms with Crippen LogP contribution < -0.4 is 4.74 Å². The maximum atomic E-state index is 6.72. The van der Waals surface area contributed by atoms with Crippen LogP contribution in [-0.4, -0.2) is 19.5 Å². The summed E-state index contributed by atoms with van der Waals surface area (Å²) in [7, 11) is 0. The lowest BCUT2D eigenvalue weighted by molar-refractivity contribution is 0.432. The van der Waals surface area contributed by atoms with Gasteiger partial charge in [0.05, 0.1) is 16.4 Å². The summed E-state index contributed by atoms with van der Waals surface area (Å²) < 4.78 is 9.04. The van der Waals surface area contributed by atoms with Crippen molar-refractivity contribution in [1.29, 1.82) is 0 Å². The predicted octanol–water partition coefficient (Wildman–Crippen LogP) is 14.2. The standard InChI is InChI=1S/C58H38N4O/c1-2-14-38(15-3-1)55-59-56(61-57(60-55)40-30-33-42(34-31-40)62-51-23-11-6-18-45(51)46-19-7-12-24-52(46)62)39-28-26-37(27-29-39)41-32-35-54-50(36-41)58(49-22-10-13-25-53(49)63-54)47-20-8-4-16-43(47)44-17-5-9-21-48(44)58/h1-8,10-20,22-36H,9,21H2. The normalized spacial score (nSPS) is 15.9. The zero-order valence-electron chi connectivity index (χ0n) is 34.2. The molecule has 0 N–H and O–H groups in total. The monoisotopic (exact) mass is 806 g/mol. The van der Waals surface area contributed by atoms with E-state index in [-0.39, 0.29) is 0 Å². The second-order valence-corrected chi connectivity index (χ2v) is 16.6. The van der Waals surface area contributed by atoms with Gasteiger partial charge in [-0.15, -0.1) is 0 Å². The van der Waals surface area contributed by atoms with Gasteiger partial charge in [0.2, 0.25) is 0 Å². The lowest BCUT2D eigenvalue weighted by Crippen LogP contribution is -2.33. The molecule has 0 radical (unpaired) electrons. The highest BCUT2D eigenvalue weighted by molar-refractivity contribution is 6.09. The van der Waals surface area contributed by atoms with Crippen LogP contribution in [0.25, 0.3) is 78.4 Å². The van der Waals surface area contributed by atoms with Crippen LogP contribution in [0.1, 0.15) is 35.1 Å². The van der Waals surface area contributed by atoms with Crippen molar-refractivity contribution in [3.05, 3.63) is 234 Å². The Balaban J connectivity index is 0.896. The number of aromatic nitrogens is 4. The Hall–Kier alpha value is -8.15. The number of fused-ring (bicyclic) bond motifs is 11. The summed E-state index contributed by atoms with van der Waals surface area (Å²) in [4.78, 5) is 15.2. The minimum atomic E-state index is -0.437. The molecule has 5 nitrogen and oxygen atoms in total. The molecule has 0 bridgehead atoms. The van der Waals surface area contributed by atoms with E-state index in [1.165, 1.54) is 55.2 Å². The summed E-state index contributed by atoms with van der Waals surface area (Å²) in [5, 5.41) is 2.47. The van der Waals surface area contributed by atoms with Crippen LogP contribution in [0, 0.1) is 0 Å². The highest BCUT2D eigenvalue weighted by Gasteiger charge is 2.52. The fourth-order valence-corrected chi connectivity index (χ4v) is 10.5. The van der Waals surface area contributed by atoms with Gasteiger partial charge in [-0.2, -0.15) is 0 Å². The number of ether oxygens (including phenoxy) is 1. The van der Waals surface area contributed by atoms with Gasteiger partial charge >= 0.3 is 0 Å². The first kappa shape index (κ1) is 35.6. The fourth-order valence-electron chi connectivity index (χ4n) is 10.5. The maximum Gasteiger partial charge on any atom is 0.164 e. The second-order valence-electron chi connectivity index (χ2n) is 16.6. The summed E-state index contributed by atoms with van der Waals surface area (Å²) >= 11 is 0. The van der Waals surface area contributed by atoms with Gasteiger partial charge in [0.15, 0.2) is 17.5 Å². The van der Waals surface area contributed by atoms with E-state index >= 15 is 0 Å². The fraction of sp³-hybridized carbons (Fsp3) is 0.0517. The number of hydrogen-bond donors (Lipinski definition) is 0. The maximum absolute atomic E-state index is 6.72. The van der Waals surface area contributed by atoms with Gasteiger partial charge in [-0.25, -0.2) is 15.0 Å². The molecule has 0 amide bonds. The van der Waals surface area contributed by atoms with Gasteiger partial charge in [-0.05, 0) is 101 Å². The zero-order valence-corrected chi connectivity index (χ0v) is 34.2. The molecule has 1 spiro atoms. The summed E-state index contributed by atoms with van der Waals surface area (Å²) in [5.74, 6) is 3.71. The lowest BCUT2D eigenvalue weighted by Gasteiger charge is -2.41. The van der Waals surface area contributed by atoms with Crippen molar-refractivity contribution in [1.82, 2.24) is 19.5 Å². The molecule has 5 heteroatoms. The molecule has 3 heterocycles. The van der Waals surface area contributed by atoms with Gasteiger partial charge in [-0.3, -0.25) is 0 Å². The van der Waals surface area contributed by atoms with Crippen molar-refractivity contribution in [2.75, 3.05) is 0 Å². The quantitative estimate of drug-likeness (QED) is 0.174. The van der Waals surface area contributed by atoms with Crippen molar-refractivity contribution in [2.45, 2.75) is 18.3 Å². The molecule has 13 rings (SSSR count). The van der Waals surface area contributed by atoms with E-state index in [0.717, 1.165) is 57.8 Å². The number of nitrogens with zero attached hydrogens (tertiary/aromatic N) is 4. The topological polar surface area (TPSA) is 52.8 Å². The molecule has 1 atom stereocenters. The molecule has 2 aliphatic carbocycles. The highest BCUT2D eigenvalue weighted by Crippen LogP contribution is 2.63. The molecule has 1 unspecified atom stereocenters. The molecular formula is C58H38N4O. The van der Waals surface area contributed by atoms with Crippen LogP contribution in [0.3, 0.4) is 0 Å². The van der Waals surface area contributed by atoms with E-state index in [2.05, 4.69) is 181 Å². The van der Waals surface area contributed by atoms with E-state index in [9.17, 15) is 0 Å². The van der Waals surface area contributed by atoms with Crippen LogP contribution >= 0.6 is 0 Å². The molecule has 0 fully saturated rings. The summed E-state index contributed by atoms with van der Waals surface area (Å²) in [6, 6.07) is 68.8. The number of para-hydroxylation sites is 3. The Bertz CT molecular complexity index is 3470. The third-order valence-corrected chi connectivity index (χ3v) is 13.2. The van der Waals surface area contributed by atoms with Crippen LogP contribution in [0.4, 0.5) is 0 Å². The smallest absolute Gasteiger partial charge is 0.164 e. The Morgan fingerprint density at radius 3 is 1.70 bits per heavy atom. The third-order valence-electron chi connectivity index (χ3n) is 13.2. The van der Waals surface area contributed by atoms with Gasteiger partial charge in [0.1, 0.15) is 11.5 Å². The molecule has 2 aromatic heterocycles. The number of benzene rings is 8. The molecule has 63 heavy (non-hydrogen) atoms. The van der Waals surface area contributed by atoms with Crippen LogP contribution in [0.2, 0.25) is 0 Å². The molecule has 296 valence electrons. The number of allylic oxidation sites excluding steroid dienone is 4. The van der Waals surface area contributed by atoms with Crippen molar-refractivity contribution in [2.24, 2.45) is 0 Å². The molecule has 8 aromatic carbocycles. The lowest BCUT2D eigenvalue weighted by atomic mass is 9.64. The van der Waals surface area contributed by atoms with Crippen LogP contribution in [0.5, 0.6) is 11.5 Å². The third kappa shape index (κ3) is 5.39. The summed E-state index contributed by atoms with van der Waals surface area (Å²) in [6.45, 7) is 0.